The molecule has 27 heavy (non-hydrogen) atoms. The monoisotopic (exact) mass is 371 g/mol. The fourth-order valence-corrected chi connectivity index (χ4v) is 4.38. The number of nitrogens with one attached hydrogen (secondary N) is 2. The molecule has 3 aliphatic heterocycles. The van der Waals surface area contributed by atoms with E-state index in [0.717, 1.165) is 56.6 Å². The summed E-state index contributed by atoms with van der Waals surface area (Å²) < 4.78 is 0. The molecule has 3 fully saturated rings. The van der Waals surface area contributed by atoms with Crippen molar-refractivity contribution in [2.24, 2.45) is 5.92 Å². The maximum absolute atomic E-state index is 12.0. The summed E-state index contributed by atoms with van der Waals surface area (Å²) in [5.41, 5.74) is 1.88. The Morgan fingerprint density at radius 1 is 1.04 bits per heavy atom. The summed E-state index contributed by atoms with van der Waals surface area (Å²) in [6.45, 7) is 7.78. The van der Waals surface area contributed by atoms with Crippen molar-refractivity contribution in [3.63, 3.8) is 0 Å². The van der Waals surface area contributed by atoms with Gasteiger partial charge in [0.2, 0.25) is 11.8 Å². The van der Waals surface area contributed by atoms with Crippen molar-refractivity contribution in [3.05, 3.63) is 24.0 Å². The zero-order valence-corrected chi connectivity index (χ0v) is 15.8. The summed E-state index contributed by atoms with van der Waals surface area (Å²) in [5.74, 6) is 0.124. The average Bonchev–Trinajstić information content (AvgIpc) is 2.70. The topological polar surface area (TPSA) is 77.6 Å². The summed E-state index contributed by atoms with van der Waals surface area (Å²) in [6.07, 6.45) is 5.41. The SMILES string of the molecule is O=C1CCC(c2ccc(N3CCN(CC4CCNCC4)CC3)cn2)C(=O)N1. The van der Waals surface area contributed by atoms with Crippen LogP contribution in [0.3, 0.4) is 0 Å². The summed E-state index contributed by atoms with van der Waals surface area (Å²) >= 11 is 0. The number of rotatable bonds is 4. The number of imide groups is 1. The Labute approximate surface area is 160 Å². The van der Waals surface area contributed by atoms with Crippen LogP contribution in [0.2, 0.25) is 0 Å². The minimum Gasteiger partial charge on any atom is -0.368 e. The average molecular weight is 371 g/mol. The summed E-state index contributed by atoms with van der Waals surface area (Å²) in [7, 11) is 0. The molecule has 7 heteroatoms. The number of pyridine rings is 1. The maximum Gasteiger partial charge on any atom is 0.235 e. The molecule has 1 unspecified atom stereocenters. The zero-order valence-electron chi connectivity index (χ0n) is 15.8. The van der Waals surface area contributed by atoms with Crippen LogP contribution in [0.1, 0.15) is 37.3 Å². The summed E-state index contributed by atoms with van der Waals surface area (Å²) in [6, 6.07) is 4.01. The van der Waals surface area contributed by atoms with Crippen molar-refractivity contribution in [2.75, 3.05) is 50.7 Å². The molecule has 4 rings (SSSR count). The number of piperidine rings is 2. The fourth-order valence-electron chi connectivity index (χ4n) is 4.38. The van der Waals surface area contributed by atoms with E-state index < -0.39 is 0 Å². The molecule has 0 spiro atoms. The quantitative estimate of drug-likeness (QED) is 0.760. The van der Waals surface area contributed by atoms with Gasteiger partial charge in [-0.05, 0) is 50.4 Å². The van der Waals surface area contributed by atoms with Gasteiger partial charge in [0.1, 0.15) is 0 Å². The molecule has 2 N–H and O–H groups in total. The van der Waals surface area contributed by atoms with Gasteiger partial charge in [-0.2, -0.15) is 0 Å². The number of hydrogen-bond donors (Lipinski definition) is 2. The zero-order chi connectivity index (χ0) is 18.6. The van der Waals surface area contributed by atoms with Gasteiger partial charge in [0.05, 0.1) is 23.5 Å². The second-order valence-electron chi connectivity index (χ2n) is 7.93. The van der Waals surface area contributed by atoms with E-state index in [-0.39, 0.29) is 17.7 Å². The van der Waals surface area contributed by atoms with Crippen LogP contribution in [0.25, 0.3) is 0 Å². The molecule has 4 heterocycles. The molecule has 1 aromatic heterocycles. The molecule has 0 aliphatic carbocycles. The Morgan fingerprint density at radius 3 is 2.48 bits per heavy atom. The van der Waals surface area contributed by atoms with E-state index in [1.165, 1.54) is 19.4 Å². The Bertz CT molecular complexity index is 663. The van der Waals surface area contributed by atoms with Crippen molar-refractivity contribution in [1.29, 1.82) is 0 Å². The highest BCUT2D eigenvalue weighted by Gasteiger charge is 2.29. The van der Waals surface area contributed by atoms with E-state index in [9.17, 15) is 9.59 Å². The number of piperazine rings is 1. The van der Waals surface area contributed by atoms with E-state index in [4.69, 9.17) is 0 Å². The van der Waals surface area contributed by atoms with Crippen molar-refractivity contribution in [1.82, 2.24) is 20.5 Å². The van der Waals surface area contributed by atoms with Crippen molar-refractivity contribution >= 4 is 17.5 Å². The van der Waals surface area contributed by atoms with Crippen LogP contribution in [-0.4, -0.2) is 67.5 Å². The molecule has 2 amide bonds. The van der Waals surface area contributed by atoms with Crippen molar-refractivity contribution in [3.8, 4) is 0 Å². The normalized spacial score (nSPS) is 25.5. The van der Waals surface area contributed by atoms with Gasteiger partial charge >= 0.3 is 0 Å². The second-order valence-corrected chi connectivity index (χ2v) is 7.93. The molecule has 0 saturated carbocycles. The van der Waals surface area contributed by atoms with Crippen LogP contribution < -0.4 is 15.5 Å². The first-order chi connectivity index (χ1) is 13.2. The molecular formula is C20H29N5O2. The van der Waals surface area contributed by atoms with E-state index in [0.29, 0.717) is 12.8 Å². The van der Waals surface area contributed by atoms with Crippen LogP contribution in [0, 0.1) is 5.92 Å². The first kappa shape index (κ1) is 18.4. The van der Waals surface area contributed by atoms with E-state index >= 15 is 0 Å². The third-order valence-corrected chi connectivity index (χ3v) is 6.08. The van der Waals surface area contributed by atoms with Crippen LogP contribution in [0.15, 0.2) is 18.3 Å². The van der Waals surface area contributed by atoms with Gasteiger partial charge in [-0.1, -0.05) is 0 Å². The molecule has 0 bridgehead atoms. The Morgan fingerprint density at radius 2 is 1.81 bits per heavy atom. The molecule has 0 aromatic carbocycles. The minimum absolute atomic E-state index is 0.185. The number of amides is 2. The lowest BCUT2D eigenvalue weighted by Gasteiger charge is -2.38. The highest BCUT2D eigenvalue weighted by molar-refractivity contribution is 6.00. The van der Waals surface area contributed by atoms with E-state index in [1.807, 2.05) is 12.3 Å². The lowest BCUT2D eigenvalue weighted by atomic mass is 9.94. The summed E-state index contributed by atoms with van der Waals surface area (Å²) in [5, 5.41) is 5.84. The molecule has 1 atom stereocenters. The van der Waals surface area contributed by atoms with Crippen LogP contribution in [-0.2, 0) is 9.59 Å². The van der Waals surface area contributed by atoms with Gasteiger partial charge in [0.15, 0.2) is 0 Å². The first-order valence-corrected chi connectivity index (χ1v) is 10.2. The third-order valence-electron chi connectivity index (χ3n) is 6.08. The maximum atomic E-state index is 12.0. The number of hydrogen-bond acceptors (Lipinski definition) is 6. The van der Waals surface area contributed by atoms with Crippen LogP contribution in [0.4, 0.5) is 5.69 Å². The molecule has 3 saturated heterocycles. The molecule has 0 radical (unpaired) electrons. The Kier molecular flexibility index (Phi) is 5.69. The Hall–Kier alpha value is -1.99. The lowest BCUT2D eigenvalue weighted by Crippen LogP contribution is -2.48. The van der Waals surface area contributed by atoms with Crippen LogP contribution in [0.5, 0.6) is 0 Å². The van der Waals surface area contributed by atoms with Crippen molar-refractivity contribution < 1.29 is 9.59 Å². The molecular weight excluding hydrogens is 342 g/mol. The highest BCUT2D eigenvalue weighted by atomic mass is 16.2. The summed E-state index contributed by atoms with van der Waals surface area (Å²) in [4.78, 5) is 32.8. The molecule has 1 aromatic rings. The van der Waals surface area contributed by atoms with Gasteiger partial charge in [-0.15, -0.1) is 0 Å². The van der Waals surface area contributed by atoms with E-state index in [1.54, 1.807) is 0 Å². The van der Waals surface area contributed by atoms with Gasteiger partial charge < -0.3 is 10.2 Å². The predicted octanol–water partition coefficient (Wildman–Crippen LogP) is 0.723. The molecule has 3 aliphatic rings. The highest BCUT2D eigenvalue weighted by Crippen LogP contribution is 2.25. The first-order valence-electron chi connectivity index (χ1n) is 10.2. The standard InChI is InChI=1S/C20H29N5O2/c26-19-4-2-17(20(27)23-19)18-3-1-16(13-22-18)25-11-9-24(10-12-25)14-15-5-7-21-8-6-15/h1,3,13,15,17,21H,2,4-12,14H2,(H,23,26,27). The minimum atomic E-state index is -0.307. The van der Waals surface area contributed by atoms with Gasteiger partial charge in [0, 0.05) is 39.1 Å². The molecule has 7 nitrogen and oxygen atoms in total. The number of anilines is 1. The van der Waals surface area contributed by atoms with Gasteiger partial charge in [-0.25, -0.2) is 0 Å². The smallest absolute Gasteiger partial charge is 0.235 e. The molecule has 146 valence electrons. The van der Waals surface area contributed by atoms with Crippen molar-refractivity contribution in [2.45, 2.75) is 31.6 Å². The van der Waals surface area contributed by atoms with Gasteiger partial charge in [0.25, 0.3) is 0 Å². The Balaban J connectivity index is 1.29. The fraction of sp³-hybridized carbons (Fsp3) is 0.650. The number of carbonyl (C=O) groups is 2. The number of carbonyl (C=O) groups excluding carboxylic acids is 2. The van der Waals surface area contributed by atoms with Crippen LogP contribution >= 0.6 is 0 Å². The predicted molar refractivity (Wildman–Crippen MR) is 104 cm³/mol. The number of aromatic nitrogens is 1. The number of nitrogens with zero attached hydrogens (tertiary/aromatic N) is 3. The lowest BCUT2D eigenvalue weighted by molar-refractivity contribution is -0.134. The van der Waals surface area contributed by atoms with E-state index in [2.05, 4.69) is 31.5 Å². The van der Waals surface area contributed by atoms with Gasteiger partial charge in [-0.3, -0.25) is 24.8 Å². The third kappa shape index (κ3) is 4.47. The second kappa shape index (κ2) is 8.35. The largest absolute Gasteiger partial charge is 0.368 e.